The van der Waals surface area contributed by atoms with Gasteiger partial charge in [-0.15, -0.1) is 0 Å². The van der Waals surface area contributed by atoms with Crippen molar-refractivity contribution in [3.63, 3.8) is 0 Å². The Kier molecular flexibility index (Phi) is 3.13. The quantitative estimate of drug-likeness (QED) is 0.589. The fourth-order valence-corrected chi connectivity index (χ4v) is 2.23. The van der Waals surface area contributed by atoms with E-state index in [-0.39, 0.29) is 11.3 Å². The summed E-state index contributed by atoms with van der Waals surface area (Å²) in [5.41, 5.74) is -0.438. The molecule has 0 atom stereocenters. The summed E-state index contributed by atoms with van der Waals surface area (Å²) in [5, 5.41) is 0.377. The van der Waals surface area contributed by atoms with Crippen LogP contribution in [0.15, 0.2) is 42.7 Å². The third kappa shape index (κ3) is 2.47. The Morgan fingerprint density at radius 2 is 1.90 bits per heavy atom. The number of halogens is 5. The molecule has 1 aromatic carbocycles. The van der Waals surface area contributed by atoms with Gasteiger partial charge in [0.15, 0.2) is 5.65 Å². The molecule has 2 heterocycles. The van der Waals surface area contributed by atoms with Crippen molar-refractivity contribution in [3.05, 3.63) is 59.1 Å². The Morgan fingerprint density at radius 1 is 1.14 bits per heavy atom. The third-order valence-electron chi connectivity index (χ3n) is 3.00. The minimum atomic E-state index is -4.75. The number of imidazole rings is 1. The molecule has 0 saturated heterocycles. The second-order valence-corrected chi connectivity index (χ2v) is 4.81. The molecule has 2 nitrogen and oxygen atoms in total. The van der Waals surface area contributed by atoms with Crippen LogP contribution in [0.25, 0.3) is 16.9 Å². The van der Waals surface area contributed by atoms with Crippen molar-refractivity contribution in [1.82, 2.24) is 9.38 Å². The van der Waals surface area contributed by atoms with Crippen LogP contribution < -0.4 is 0 Å². The summed E-state index contributed by atoms with van der Waals surface area (Å²) in [4.78, 5) is 4.18. The lowest BCUT2D eigenvalue weighted by atomic mass is 10.1. The molecule has 0 aliphatic carbocycles. The Morgan fingerprint density at radius 3 is 2.57 bits per heavy atom. The van der Waals surface area contributed by atoms with E-state index in [0.717, 1.165) is 12.1 Å². The van der Waals surface area contributed by atoms with Crippen LogP contribution in [0.2, 0.25) is 5.02 Å². The first-order valence-corrected chi connectivity index (χ1v) is 6.24. The van der Waals surface area contributed by atoms with Gasteiger partial charge in [-0.05, 0) is 30.3 Å². The zero-order chi connectivity index (χ0) is 15.2. The van der Waals surface area contributed by atoms with Gasteiger partial charge >= 0.3 is 6.18 Å². The SMILES string of the molecule is Fc1ccc(-c2cn3cccc(Cl)c3n2)cc1C(F)(F)F. The molecule has 0 fully saturated rings. The van der Waals surface area contributed by atoms with Crippen LogP contribution in [0.4, 0.5) is 17.6 Å². The molecule has 2 aromatic heterocycles. The van der Waals surface area contributed by atoms with Gasteiger partial charge in [0, 0.05) is 18.0 Å². The third-order valence-corrected chi connectivity index (χ3v) is 3.30. The summed E-state index contributed by atoms with van der Waals surface area (Å²) < 4.78 is 53.1. The van der Waals surface area contributed by atoms with Crippen molar-refractivity contribution in [2.75, 3.05) is 0 Å². The first-order valence-electron chi connectivity index (χ1n) is 5.86. The Labute approximate surface area is 121 Å². The maximum absolute atomic E-state index is 13.3. The number of nitrogens with zero attached hydrogens (tertiary/aromatic N) is 2. The lowest BCUT2D eigenvalue weighted by Crippen LogP contribution is -2.08. The molecule has 0 radical (unpaired) electrons. The Hall–Kier alpha value is -2.08. The number of fused-ring (bicyclic) bond motifs is 1. The fourth-order valence-electron chi connectivity index (χ4n) is 2.02. The molecule has 108 valence electrons. The summed E-state index contributed by atoms with van der Waals surface area (Å²) in [6.07, 6.45) is -1.54. The maximum atomic E-state index is 13.3. The molecule has 0 amide bonds. The Balaban J connectivity index is 2.17. The second-order valence-electron chi connectivity index (χ2n) is 4.41. The first kappa shape index (κ1) is 13.9. The molecule has 3 rings (SSSR count). The van der Waals surface area contributed by atoms with Gasteiger partial charge in [0.25, 0.3) is 0 Å². The van der Waals surface area contributed by atoms with Gasteiger partial charge < -0.3 is 4.40 Å². The Bertz CT molecular complexity index is 823. The van der Waals surface area contributed by atoms with Crippen LogP contribution in [0.5, 0.6) is 0 Å². The molecule has 0 aliphatic heterocycles. The lowest BCUT2D eigenvalue weighted by Gasteiger charge is -2.08. The van der Waals surface area contributed by atoms with Gasteiger partial charge in [-0.3, -0.25) is 0 Å². The predicted molar refractivity (Wildman–Crippen MR) is 70.6 cm³/mol. The van der Waals surface area contributed by atoms with Crippen molar-refractivity contribution >= 4 is 17.2 Å². The van der Waals surface area contributed by atoms with Crippen LogP contribution in [0.3, 0.4) is 0 Å². The van der Waals surface area contributed by atoms with Crippen molar-refractivity contribution in [3.8, 4) is 11.3 Å². The minimum Gasteiger partial charge on any atom is -0.305 e. The van der Waals surface area contributed by atoms with Crippen molar-refractivity contribution in [2.24, 2.45) is 0 Å². The van der Waals surface area contributed by atoms with Crippen molar-refractivity contribution < 1.29 is 17.6 Å². The average molecular weight is 315 g/mol. The predicted octanol–water partition coefficient (Wildman–Crippen LogP) is 4.81. The number of hydrogen-bond donors (Lipinski definition) is 0. The van der Waals surface area contributed by atoms with E-state index in [1.165, 1.54) is 12.3 Å². The highest BCUT2D eigenvalue weighted by Gasteiger charge is 2.34. The summed E-state index contributed by atoms with van der Waals surface area (Å²) in [7, 11) is 0. The van der Waals surface area contributed by atoms with Gasteiger partial charge in [-0.2, -0.15) is 13.2 Å². The van der Waals surface area contributed by atoms with Crippen molar-refractivity contribution in [2.45, 2.75) is 6.18 Å². The summed E-state index contributed by atoms with van der Waals surface area (Å²) in [6, 6.07) is 6.08. The standard InChI is InChI=1S/C14H7ClF4N2/c15-10-2-1-5-21-7-12(20-13(10)21)8-3-4-11(16)9(6-8)14(17,18)19/h1-7H. The van der Waals surface area contributed by atoms with E-state index >= 15 is 0 Å². The molecule has 3 aromatic rings. The van der Waals surface area contributed by atoms with E-state index in [4.69, 9.17) is 11.6 Å². The lowest BCUT2D eigenvalue weighted by molar-refractivity contribution is -0.139. The number of benzene rings is 1. The minimum absolute atomic E-state index is 0.170. The summed E-state index contributed by atoms with van der Waals surface area (Å²) in [6.45, 7) is 0. The fraction of sp³-hybridized carbons (Fsp3) is 0.0714. The van der Waals surface area contributed by atoms with Crippen LogP contribution in [-0.4, -0.2) is 9.38 Å². The van der Waals surface area contributed by atoms with E-state index < -0.39 is 17.6 Å². The van der Waals surface area contributed by atoms with Crippen molar-refractivity contribution in [1.29, 1.82) is 0 Å². The van der Waals surface area contributed by atoms with Gasteiger partial charge in [-0.1, -0.05) is 11.6 Å². The molecular weight excluding hydrogens is 308 g/mol. The molecule has 0 bridgehead atoms. The number of hydrogen-bond acceptors (Lipinski definition) is 1. The topological polar surface area (TPSA) is 17.3 Å². The highest BCUT2D eigenvalue weighted by molar-refractivity contribution is 6.33. The van der Waals surface area contributed by atoms with Crippen LogP contribution >= 0.6 is 11.6 Å². The molecule has 0 saturated carbocycles. The zero-order valence-electron chi connectivity index (χ0n) is 10.3. The summed E-state index contributed by atoms with van der Waals surface area (Å²) >= 11 is 5.96. The highest BCUT2D eigenvalue weighted by atomic mass is 35.5. The van der Waals surface area contributed by atoms with E-state index in [1.54, 1.807) is 22.7 Å². The van der Waals surface area contributed by atoms with Gasteiger partial charge in [0.2, 0.25) is 0 Å². The van der Waals surface area contributed by atoms with Crippen LogP contribution in [0.1, 0.15) is 5.56 Å². The molecule has 0 aliphatic rings. The van der Waals surface area contributed by atoms with E-state index in [1.807, 2.05) is 0 Å². The normalized spacial score (nSPS) is 12.0. The van der Waals surface area contributed by atoms with Gasteiger partial charge in [0.1, 0.15) is 5.82 Å². The average Bonchev–Trinajstić information content (AvgIpc) is 2.83. The summed E-state index contributed by atoms with van der Waals surface area (Å²) in [5.74, 6) is -1.31. The highest BCUT2D eigenvalue weighted by Crippen LogP contribution is 2.34. The molecular formula is C14H7ClF4N2. The zero-order valence-corrected chi connectivity index (χ0v) is 11.1. The smallest absolute Gasteiger partial charge is 0.305 e. The molecule has 0 spiro atoms. The maximum Gasteiger partial charge on any atom is 0.419 e. The number of rotatable bonds is 1. The van der Waals surface area contributed by atoms with E-state index in [0.29, 0.717) is 10.7 Å². The molecule has 21 heavy (non-hydrogen) atoms. The number of pyridine rings is 1. The van der Waals surface area contributed by atoms with Crippen LogP contribution in [-0.2, 0) is 6.18 Å². The number of aromatic nitrogens is 2. The van der Waals surface area contributed by atoms with Gasteiger partial charge in [0.05, 0.1) is 16.3 Å². The molecule has 0 unspecified atom stereocenters. The first-order chi connectivity index (χ1) is 9.86. The monoisotopic (exact) mass is 314 g/mol. The van der Waals surface area contributed by atoms with E-state index in [9.17, 15) is 17.6 Å². The molecule has 7 heteroatoms. The van der Waals surface area contributed by atoms with E-state index in [2.05, 4.69) is 4.98 Å². The van der Waals surface area contributed by atoms with Crippen LogP contribution in [0, 0.1) is 5.82 Å². The second kappa shape index (κ2) is 4.73. The molecule has 0 N–H and O–H groups in total. The number of alkyl halides is 3. The van der Waals surface area contributed by atoms with Gasteiger partial charge in [-0.25, -0.2) is 9.37 Å². The largest absolute Gasteiger partial charge is 0.419 e.